The van der Waals surface area contributed by atoms with Gasteiger partial charge in [-0.1, -0.05) is 13.3 Å². The lowest BCUT2D eigenvalue weighted by Gasteiger charge is -2.36. The molecule has 1 saturated heterocycles. The third kappa shape index (κ3) is 2.72. The second kappa shape index (κ2) is 5.94. The van der Waals surface area contributed by atoms with Crippen molar-refractivity contribution in [1.29, 1.82) is 0 Å². The molecule has 0 amide bonds. The molecule has 4 heteroatoms. The fraction of sp³-hybridized carbons (Fsp3) is 1.00. The second-order valence-corrected chi connectivity index (χ2v) is 9.13. The number of nitrogens with two attached hydrogens (primary N) is 1. The summed E-state index contributed by atoms with van der Waals surface area (Å²) in [4.78, 5) is 0. The van der Waals surface area contributed by atoms with Gasteiger partial charge in [-0.25, -0.2) is 0 Å². The normalized spacial score (nSPS) is 45.3. The van der Waals surface area contributed by atoms with Crippen LogP contribution in [-0.2, 0) is 0 Å². The SMILES string of the molecule is CC1SCCSC1C(CC1CC2CCC1C2)NN. The highest BCUT2D eigenvalue weighted by molar-refractivity contribution is 8.07. The Bertz CT molecular complexity index is 287. The van der Waals surface area contributed by atoms with Crippen molar-refractivity contribution in [2.75, 3.05) is 11.5 Å². The van der Waals surface area contributed by atoms with E-state index in [4.69, 9.17) is 5.84 Å². The van der Waals surface area contributed by atoms with Crippen LogP contribution >= 0.6 is 23.5 Å². The number of nitrogens with one attached hydrogen (secondary N) is 1. The summed E-state index contributed by atoms with van der Waals surface area (Å²) in [5, 5.41) is 1.47. The van der Waals surface area contributed by atoms with Crippen LogP contribution in [0.25, 0.3) is 0 Å². The molecule has 2 nitrogen and oxygen atoms in total. The standard InChI is InChI=1S/C14H26N2S2/c1-9-14(18-5-4-17-9)13(16-15)8-12-7-10-2-3-11(12)6-10/h9-14,16H,2-8,15H2,1H3. The highest BCUT2D eigenvalue weighted by Gasteiger charge is 2.41. The molecule has 6 atom stereocenters. The summed E-state index contributed by atoms with van der Waals surface area (Å²) in [6, 6.07) is 0.530. The van der Waals surface area contributed by atoms with E-state index in [0.29, 0.717) is 11.3 Å². The van der Waals surface area contributed by atoms with Gasteiger partial charge in [-0.05, 0) is 43.4 Å². The van der Waals surface area contributed by atoms with E-state index in [1.54, 1.807) is 0 Å². The van der Waals surface area contributed by atoms with E-state index >= 15 is 0 Å². The monoisotopic (exact) mass is 286 g/mol. The highest BCUT2D eigenvalue weighted by Crippen LogP contribution is 2.50. The molecule has 2 saturated carbocycles. The van der Waals surface area contributed by atoms with Gasteiger partial charge in [-0.3, -0.25) is 11.3 Å². The molecule has 0 aromatic heterocycles. The highest BCUT2D eigenvalue weighted by atomic mass is 32.2. The number of hydrogen-bond donors (Lipinski definition) is 2. The predicted octanol–water partition coefficient (Wildman–Crippen LogP) is 2.88. The Hall–Kier alpha value is 0.620. The maximum absolute atomic E-state index is 5.87. The van der Waals surface area contributed by atoms with Gasteiger partial charge in [0.05, 0.1) is 0 Å². The van der Waals surface area contributed by atoms with Gasteiger partial charge in [0.1, 0.15) is 0 Å². The van der Waals surface area contributed by atoms with E-state index in [0.717, 1.165) is 23.0 Å². The van der Waals surface area contributed by atoms with Crippen LogP contribution in [0, 0.1) is 17.8 Å². The molecule has 1 aliphatic heterocycles. The third-order valence-electron chi connectivity index (χ3n) is 5.29. The summed E-state index contributed by atoms with van der Waals surface area (Å²) >= 11 is 4.27. The molecule has 3 aliphatic rings. The Kier molecular flexibility index (Phi) is 4.49. The van der Waals surface area contributed by atoms with E-state index < -0.39 is 0 Å². The lowest BCUT2D eigenvalue weighted by molar-refractivity contribution is 0.275. The van der Waals surface area contributed by atoms with Crippen LogP contribution in [0.15, 0.2) is 0 Å². The molecule has 2 aliphatic carbocycles. The van der Waals surface area contributed by atoms with Crippen molar-refractivity contribution in [3.05, 3.63) is 0 Å². The zero-order valence-corrected chi connectivity index (χ0v) is 12.9. The zero-order chi connectivity index (χ0) is 12.5. The quantitative estimate of drug-likeness (QED) is 0.616. The Morgan fingerprint density at radius 3 is 2.67 bits per heavy atom. The minimum absolute atomic E-state index is 0.530. The molecular formula is C14H26N2S2. The van der Waals surface area contributed by atoms with Crippen molar-refractivity contribution in [3.63, 3.8) is 0 Å². The molecule has 2 bridgehead atoms. The number of hydrazine groups is 1. The third-order valence-corrected chi connectivity index (χ3v) is 8.54. The number of rotatable bonds is 4. The first-order valence-electron chi connectivity index (χ1n) is 7.47. The Labute approximate surface area is 120 Å². The molecule has 3 fully saturated rings. The topological polar surface area (TPSA) is 38.0 Å². The van der Waals surface area contributed by atoms with Crippen LogP contribution in [0.2, 0.25) is 0 Å². The molecule has 0 radical (unpaired) electrons. The Morgan fingerprint density at radius 2 is 2.06 bits per heavy atom. The van der Waals surface area contributed by atoms with Crippen molar-refractivity contribution < 1.29 is 0 Å². The van der Waals surface area contributed by atoms with Crippen molar-refractivity contribution in [3.8, 4) is 0 Å². The summed E-state index contributed by atoms with van der Waals surface area (Å²) in [6.07, 6.45) is 7.33. The molecule has 1 heterocycles. The molecule has 18 heavy (non-hydrogen) atoms. The average Bonchev–Trinajstić information content (AvgIpc) is 2.99. The van der Waals surface area contributed by atoms with Crippen LogP contribution in [0.4, 0.5) is 0 Å². The van der Waals surface area contributed by atoms with Crippen LogP contribution in [0.1, 0.15) is 39.0 Å². The van der Waals surface area contributed by atoms with Gasteiger partial charge in [0.15, 0.2) is 0 Å². The summed E-state index contributed by atoms with van der Waals surface area (Å²) in [7, 11) is 0. The van der Waals surface area contributed by atoms with E-state index in [-0.39, 0.29) is 0 Å². The van der Waals surface area contributed by atoms with Crippen molar-refractivity contribution in [2.24, 2.45) is 23.6 Å². The zero-order valence-electron chi connectivity index (χ0n) is 11.3. The van der Waals surface area contributed by atoms with E-state index in [1.807, 2.05) is 0 Å². The van der Waals surface area contributed by atoms with Gasteiger partial charge < -0.3 is 0 Å². The van der Waals surface area contributed by atoms with Crippen molar-refractivity contribution >= 4 is 23.5 Å². The maximum Gasteiger partial charge on any atom is 0.0342 e. The van der Waals surface area contributed by atoms with Crippen LogP contribution in [0.5, 0.6) is 0 Å². The van der Waals surface area contributed by atoms with Crippen LogP contribution < -0.4 is 11.3 Å². The smallest absolute Gasteiger partial charge is 0.0342 e. The predicted molar refractivity (Wildman–Crippen MR) is 82.8 cm³/mol. The van der Waals surface area contributed by atoms with Crippen LogP contribution in [-0.4, -0.2) is 28.0 Å². The van der Waals surface area contributed by atoms with E-state index in [9.17, 15) is 0 Å². The van der Waals surface area contributed by atoms with Crippen LogP contribution in [0.3, 0.4) is 0 Å². The van der Waals surface area contributed by atoms with E-state index in [2.05, 4.69) is 35.9 Å². The summed E-state index contributed by atoms with van der Waals surface area (Å²) in [5.74, 6) is 11.5. The molecular weight excluding hydrogens is 260 g/mol. The Morgan fingerprint density at radius 1 is 1.22 bits per heavy atom. The van der Waals surface area contributed by atoms with Gasteiger partial charge in [-0.2, -0.15) is 23.5 Å². The first kappa shape index (κ1) is 13.6. The average molecular weight is 287 g/mol. The van der Waals surface area contributed by atoms with Crippen molar-refractivity contribution in [2.45, 2.75) is 55.6 Å². The lowest BCUT2D eigenvalue weighted by Crippen LogP contribution is -2.48. The second-order valence-electron chi connectivity index (χ2n) is 6.36. The van der Waals surface area contributed by atoms with Crippen molar-refractivity contribution in [1.82, 2.24) is 5.43 Å². The molecule has 0 aromatic carbocycles. The van der Waals surface area contributed by atoms with E-state index in [1.165, 1.54) is 43.6 Å². The molecule has 3 N–H and O–H groups in total. The van der Waals surface area contributed by atoms with Gasteiger partial charge in [0, 0.05) is 28.0 Å². The maximum atomic E-state index is 5.87. The van der Waals surface area contributed by atoms with Gasteiger partial charge in [0.2, 0.25) is 0 Å². The molecule has 0 aromatic rings. The fourth-order valence-electron chi connectivity index (χ4n) is 4.38. The number of fused-ring (bicyclic) bond motifs is 2. The minimum Gasteiger partial charge on any atom is -0.271 e. The van der Waals surface area contributed by atoms with Gasteiger partial charge >= 0.3 is 0 Å². The Balaban J connectivity index is 1.58. The first-order chi connectivity index (χ1) is 8.78. The first-order valence-corrected chi connectivity index (χ1v) is 9.57. The largest absolute Gasteiger partial charge is 0.271 e. The van der Waals surface area contributed by atoms with Gasteiger partial charge in [-0.15, -0.1) is 0 Å². The molecule has 0 spiro atoms. The lowest BCUT2D eigenvalue weighted by atomic mass is 9.83. The fourth-order valence-corrected chi connectivity index (χ4v) is 7.34. The molecule has 6 unspecified atom stereocenters. The summed E-state index contributed by atoms with van der Waals surface area (Å²) < 4.78 is 0. The van der Waals surface area contributed by atoms with Gasteiger partial charge in [0.25, 0.3) is 0 Å². The molecule has 3 rings (SSSR count). The number of thioether (sulfide) groups is 2. The minimum atomic E-state index is 0.530. The summed E-state index contributed by atoms with van der Waals surface area (Å²) in [5.41, 5.74) is 3.15. The molecule has 104 valence electrons. The number of hydrogen-bond acceptors (Lipinski definition) is 4. The summed E-state index contributed by atoms with van der Waals surface area (Å²) in [6.45, 7) is 2.38.